The fourth-order valence-corrected chi connectivity index (χ4v) is 4.33. The van der Waals surface area contributed by atoms with Gasteiger partial charge in [0.1, 0.15) is 0 Å². The third-order valence-electron chi connectivity index (χ3n) is 6.53. The van der Waals surface area contributed by atoms with Crippen LogP contribution in [0.5, 0.6) is 0 Å². The number of aliphatic carboxylic acids is 3. The van der Waals surface area contributed by atoms with Crippen molar-refractivity contribution >= 4 is 29.7 Å². The molecule has 1 rings (SSSR count). The highest BCUT2D eigenvalue weighted by molar-refractivity contribution is 5.81. The maximum Gasteiger partial charge on any atom is 0.317 e. The molecule has 1 aliphatic rings. The summed E-state index contributed by atoms with van der Waals surface area (Å²) in [6.45, 7) is 2.62. The van der Waals surface area contributed by atoms with Crippen molar-refractivity contribution in [2.75, 3.05) is 99.2 Å². The van der Waals surface area contributed by atoms with Gasteiger partial charge in [0.25, 0.3) is 0 Å². The molecule has 1 fully saturated rings. The molecule has 1 saturated heterocycles. The topological polar surface area (TPSA) is 195 Å². The molecule has 6 N–H and O–H groups in total. The molecule has 0 aliphatic carbocycles. The van der Waals surface area contributed by atoms with Gasteiger partial charge in [-0.2, -0.15) is 0 Å². The lowest BCUT2D eigenvalue weighted by Gasteiger charge is -2.32. The van der Waals surface area contributed by atoms with Crippen LogP contribution in [0.3, 0.4) is 0 Å². The van der Waals surface area contributed by atoms with Gasteiger partial charge in [-0.05, 0) is 26.3 Å². The van der Waals surface area contributed by atoms with Gasteiger partial charge >= 0.3 is 17.9 Å². The van der Waals surface area contributed by atoms with E-state index in [0.29, 0.717) is 71.7 Å². The molecule has 15 nitrogen and oxygen atoms in total. The SMILES string of the molecule is CNC(=O)[C@H](CCCCNC(=O)CN1CCN(CC(=O)O)CCN(CC(=O)O)CCN(CC(=O)O)CC1)NC. The summed E-state index contributed by atoms with van der Waals surface area (Å²) >= 11 is 0. The molecule has 0 radical (unpaired) electrons. The second kappa shape index (κ2) is 19.2. The van der Waals surface area contributed by atoms with Crippen LogP contribution in [-0.2, 0) is 24.0 Å². The maximum atomic E-state index is 12.7. The van der Waals surface area contributed by atoms with E-state index in [2.05, 4.69) is 16.0 Å². The molecular weight excluding hydrogens is 514 g/mol. The molecule has 1 heterocycles. The van der Waals surface area contributed by atoms with E-state index in [1.165, 1.54) is 0 Å². The average molecular weight is 560 g/mol. The highest BCUT2D eigenvalue weighted by atomic mass is 16.4. The Hall–Kier alpha value is -2.85. The first-order valence-corrected chi connectivity index (χ1v) is 13.2. The molecule has 0 spiro atoms. The van der Waals surface area contributed by atoms with Crippen molar-refractivity contribution < 1.29 is 39.3 Å². The molecule has 0 bridgehead atoms. The van der Waals surface area contributed by atoms with Crippen LogP contribution >= 0.6 is 0 Å². The van der Waals surface area contributed by atoms with Gasteiger partial charge in [-0.15, -0.1) is 0 Å². The van der Waals surface area contributed by atoms with Crippen LogP contribution < -0.4 is 16.0 Å². The molecule has 0 unspecified atom stereocenters. The lowest BCUT2D eigenvalue weighted by atomic mass is 10.1. The number of carboxylic acid groups (broad SMARTS) is 3. The number of carbonyl (C=O) groups is 5. The van der Waals surface area contributed by atoms with Gasteiger partial charge in [0.05, 0.1) is 32.2 Å². The number of hydrogen-bond acceptors (Lipinski definition) is 10. The molecule has 0 aromatic carbocycles. The summed E-state index contributed by atoms with van der Waals surface area (Å²) in [4.78, 5) is 65.4. The van der Waals surface area contributed by atoms with Crippen LogP contribution in [0.25, 0.3) is 0 Å². The first-order valence-electron chi connectivity index (χ1n) is 13.2. The van der Waals surface area contributed by atoms with Crippen LogP contribution in [0.2, 0.25) is 0 Å². The molecule has 0 aromatic heterocycles. The number of carbonyl (C=O) groups excluding carboxylic acids is 2. The van der Waals surface area contributed by atoms with Gasteiger partial charge in [0, 0.05) is 66.0 Å². The van der Waals surface area contributed by atoms with Gasteiger partial charge in [0.15, 0.2) is 0 Å². The number of amides is 2. The third-order valence-corrected chi connectivity index (χ3v) is 6.53. The Morgan fingerprint density at radius 3 is 1.36 bits per heavy atom. The van der Waals surface area contributed by atoms with Crippen LogP contribution in [-0.4, -0.2) is 170 Å². The minimum atomic E-state index is -1.01. The van der Waals surface area contributed by atoms with E-state index < -0.39 is 17.9 Å². The highest BCUT2D eigenvalue weighted by Crippen LogP contribution is 2.03. The average Bonchev–Trinajstić information content (AvgIpc) is 2.86. The highest BCUT2D eigenvalue weighted by Gasteiger charge is 2.21. The Labute approximate surface area is 229 Å². The Morgan fingerprint density at radius 1 is 0.641 bits per heavy atom. The lowest BCUT2D eigenvalue weighted by Crippen LogP contribution is -2.49. The molecule has 224 valence electrons. The Kier molecular flexibility index (Phi) is 16.9. The summed E-state index contributed by atoms with van der Waals surface area (Å²) in [5.41, 5.74) is 0. The first kappa shape index (κ1) is 34.2. The van der Waals surface area contributed by atoms with Gasteiger partial charge in [0.2, 0.25) is 11.8 Å². The molecule has 1 aliphatic heterocycles. The zero-order valence-electron chi connectivity index (χ0n) is 23.1. The third kappa shape index (κ3) is 16.0. The summed E-state index contributed by atoms with van der Waals surface area (Å²) in [6, 6.07) is -0.285. The number of hydrogen-bond donors (Lipinski definition) is 6. The fourth-order valence-electron chi connectivity index (χ4n) is 4.33. The standard InChI is InChI=1S/C24H45N7O8/c1-25-19(24(39)26-2)5-3-4-6-27-20(32)15-28-7-9-29(16-21(33)34)11-13-31(18-23(37)38)14-12-30(10-8-28)17-22(35)36/h19,25H,3-18H2,1-2H3,(H,26,39)(H,27,32)(H,33,34)(H,35,36)(H,37,38)/t19-/m0/s1. The van der Waals surface area contributed by atoms with Crippen LogP contribution in [0.1, 0.15) is 19.3 Å². The second-order valence-corrected chi connectivity index (χ2v) is 9.59. The summed E-state index contributed by atoms with van der Waals surface area (Å²) in [5, 5.41) is 36.3. The van der Waals surface area contributed by atoms with E-state index in [-0.39, 0.29) is 44.0 Å². The number of unbranched alkanes of at least 4 members (excludes halogenated alkanes) is 1. The van der Waals surface area contributed by atoms with Crippen molar-refractivity contribution in [3.05, 3.63) is 0 Å². The molecule has 0 aromatic rings. The van der Waals surface area contributed by atoms with E-state index in [1.54, 1.807) is 28.8 Å². The van der Waals surface area contributed by atoms with Crippen molar-refractivity contribution in [3.8, 4) is 0 Å². The Morgan fingerprint density at radius 2 is 1.03 bits per heavy atom. The van der Waals surface area contributed by atoms with Crippen LogP contribution in [0.15, 0.2) is 0 Å². The summed E-state index contributed by atoms with van der Waals surface area (Å²) in [5.74, 6) is -3.29. The van der Waals surface area contributed by atoms with E-state index >= 15 is 0 Å². The van der Waals surface area contributed by atoms with Crippen molar-refractivity contribution in [1.29, 1.82) is 0 Å². The lowest BCUT2D eigenvalue weighted by molar-refractivity contribution is -0.140. The zero-order valence-corrected chi connectivity index (χ0v) is 23.1. The van der Waals surface area contributed by atoms with Crippen molar-refractivity contribution in [3.63, 3.8) is 0 Å². The van der Waals surface area contributed by atoms with Crippen molar-refractivity contribution in [2.45, 2.75) is 25.3 Å². The maximum absolute atomic E-state index is 12.7. The van der Waals surface area contributed by atoms with Crippen LogP contribution in [0, 0.1) is 0 Å². The van der Waals surface area contributed by atoms with E-state index in [0.717, 1.165) is 6.42 Å². The number of carboxylic acids is 3. The van der Waals surface area contributed by atoms with Gasteiger partial charge in [-0.3, -0.25) is 43.6 Å². The fraction of sp³-hybridized carbons (Fsp3) is 0.792. The first-order chi connectivity index (χ1) is 18.5. The quantitative estimate of drug-likeness (QED) is 0.112. The van der Waals surface area contributed by atoms with E-state index in [4.69, 9.17) is 0 Å². The molecule has 39 heavy (non-hydrogen) atoms. The van der Waals surface area contributed by atoms with E-state index in [9.17, 15) is 39.3 Å². The van der Waals surface area contributed by atoms with Crippen molar-refractivity contribution in [1.82, 2.24) is 35.6 Å². The number of rotatable bonds is 15. The smallest absolute Gasteiger partial charge is 0.317 e. The van der Waals surface area contributed by atoms with E-state index in [1.807, 2.05) is 4.90 Å². The van der Waals surface area contributed by atoms with Gasteiger partial charge < -0.3 is 31.3 Å². The number of nitrogens with zero attached hydrogens (tertiary/aromatic N) is 4. The monoisotopic (exact) mass is 559 g/mol. The normalized spacial score (nSPS) is 17.9. The molecular formula is C24H45N7O8. The second-order valence-electron chi connectivity index (χ2n) is 9.59. The van der Waals surface area contributed by atoms with Crippen LogP contribution in [0.4, 0.5) is 0 Å². The Bertz CT molecular complexity index is 768. The summed E-state index contributed by atoms with van der Waals surface area (Å²) in [7, 11) is 3.31. The predicted octanol–water partition coefficient (Wildman–Crippen LogP) is -2.92. The molecule has 15 heteroatoms. The summed E-state index contributed by atoms with van der Waals surface area (Å²) < 4.78 is 0. The number of nitrogens with one attached hydrogen (secondary N) is 3. The zero-order chi connectivity index (χ0) is 29.2. The molecule has 1 atom stereocenters. The molecule has 0 saturated carbocycles. The van der Waals surface area contributed by atoms with Crippen molar-refractivity contribution in [2.24, 2.45) is 0 Å². The minimum Gasteiger partial charge on any atom is -0.480 e. The largest absolute Gasteiger partial charge is 0.480 e. The Balaban J connectivity index is 2.75. The molecule has 2 amide bonds. The minimum absolute atomic E-state index is 0.0738. The number of likely N-dealkylation sites (N-methyl/N-ethyl adjacent to an activating group) is 2. The predicted molar refractivity (Wildman–Crippen MR) is 142 cm³/mol. The van der Waals surface area contributed by atoms with Gasteiger partial charge in [-0.1, -0.05) is 0 Å². The summed E-state index contributed by atoms with van der Waals surface area (Å²) in [6.07, 6.45) is 2.09. The van der Waals surface area contributed by atoms with Gasteiger partial charge in [-0.25, -0.2) is 0 Å².